The number of hydrogen-bond donors (Lipinski definition) is 2. The van der Waals surface area contributed by atoms with Crippen LogP contribution in [-0.4, -0.2) is 25.9 Å². The molecule has 0 aliphatic rings. The molecule has 27 heavy (non-hydrogen) atoms. The van der Waals surface area contributed by atoms with Gasteiger partial charge in [0.25, 0.3) is 5.91 Å². The summed E-state index contributed by atoms with van der Waals surface area (Å²) in [6.45, 7) is 5.52. The van der Waals surface area contributed by atoms with Crippen LogP contribution in [0, 0.1) is 6.92 Å². The zero-order valence-corrected chi connectivity index (χ0v) is 14.9. The maximum atomic E-state index is 13.7. The molecule has 0 radical (unpaired) electrons. The van der Waals surface area contributed by atoms with Gasteiger partial charge in [-0.1, -0.05) is 32.0 Å². The molecule has 6 nitrogen and oxygen atoms in total. The highest BCUT2D eigenvalue weighted by molar-refractivity contribution is 6.04. The SMILES string of the molecule is Cc1ccccc1-n1ncc(C(=O)Nc2cc(C(C)C)[nH]n2)c1C(F)(F)F. The number of alkyl halides is 3. The topological polar surface area (TPSA) is 75.6 Å². The van der Waals surface area contributed by atoms with Gasteiger partial charge < -0.3 is 5.32 Å². The quantitative estimate of drug-likeness (QED) is 0.712. The van der Waals surface area contributed by atoms with Crippen LogP contribution in [0.25, 0.3) is 5.69 Å². The van der Waals surface area contributed by atoms with E-state index < -0.39 is 23.3 Å². The van der Waals surface area contributed by atoms with Crippen molar-refractivity contribution in [1.82, 2.24) is 20.0 Å². The number of carbonyl (C=O) groups is 1. The fourth-order valence-electron chi connectivity index (χ4n) is 2.65. The van der Waals surface area contributed by atoms with Crippen molar-refractivity contribution in [3.05, 3.63) is 59.0 Å². The van der Waals surface area contributed by atoms with E-state index in [0.29, 0.717) is 5.56 Å². The predicted octanol–water partition coefficient (Wildman–Crippen LogP) is 4.30. The number of anilines is 1. The van der Waals surface area contributed by atoms with Crippen LogP contribution < -0.4 is 5.32 Å². The molecular weight excluding hydrogens is 359 g/mol. The van der Waals surface area contributed by atoms with Gasteiger partial charge in [-0.25, -0.2) is 4.68 Å². The molecule has 3 rings (SSSR count). The molecule has 0 unspecified atom stereocenters. The second-order valence-electron chi connectivity index (χ2n) is 6.42. The molecule has 9 heteroatoms. The van der Waals surface area contributed by atoms with Gasteiger partial charge in [0.2, 0.25) is 0 Å². The highest BCUT2D eigenvalue weighted by Crippen LogP contribution is 2.34. The summed E-state index contributed by atoms with van der Waals surface area (Å²) in [5.74, 6) is -0.637. The molecule has 0 bridgehead atoms. The molecular formula is C18H18F3N5O. The summed E-state index contributed by atoms with van der Waals surface area (Å²) in [6, 6.07) is 8.10. The van der Waals surface area contributed by atoms with Gasteiger partial charge in [0, 0.05) is 11.8 Å². The minimum Gasteiger partial charge on any atom is -0.305 e. The Kier molecular flexibility index (Phi) is 4.77. The summed E-state index contributed by atoms with van der Waals surface area (Å²) in [7, 11) is 0. The minimum absolute atomic E-state index is 0.137. The molecule has 0 atom stereocenters. The summed E-state index contributed by atoms with van der Waals surface area (Å²) >= 11 is 0. The number of hydrogen-bond acceptors (Lipinski definition) is 3. The van der Waals surface area contributed by atoms with Crippen molar-refractivity contribution in [2.75, 3.05) is 5.32 Å². The molecule has 0 aliphatic carbocycles. The molecule has 142 valence electrons. The second kappa shape index (κ2) is 6.90. The van der Waals surface area contributed by atoms with Crippen LogP contribution >= 0.6 is 0 Å². The average molecular weight is 377 g/mol. The Labute approximate surface area is 153 Å². The Balaban J connectivity index is 2.00. The van der Waals surface area contributed by atoms with Crippen molar-refractivity contribution in [2.24, 2.45) is 0 Å². The molecule has 1 amide bonds. The van der Waals surface area contributed by atoms with E-state index in [1.54, 1.807) is 31.2 Å². The maximum Gasteiger partial charge on any atom is 0.434 e. The molecule has 0 spiro atoms. The first-order chi connectivity index (χ1) is 12.7. The van der Waals surface area contributed by atoms with E-state index in [-0.39, 0.29) is 17.4 Å². The highest BCUT2D eigenvalue weighted by atomic mass is 19.4. The fraction of sp³-hybridized carbons (Fsp3) is 0.278. The van der Waals surface area contributed by atoms with Crippen molar-refractivity contribution in [1.29, 1.82) is 0 Å². The van der Waals surface area contributed by atoms with Crippen LogP contribution in [0.5, 0.6) is 0 Å². The normalized spacial score (nSPS) is 11.8. The first kappa shape index (κ1) is 18.7. The monoisotopic (exact) mass is 377 g/mol. The molecule has 2 heterocycles. The number of nitrogens with zero attached hydrogens (tertiary/aromatic N) is 3. The number of halogens is 3. The number of H-pyrrole nitrogens is 1. The number of para-hydroxylation sites is 1. The van der Waals surface area contributed by atoms with E-state index in [2.05, 4.69) is 20.6 Å². The van der Waals surface area contributed by atoms with Gasteiger partial charge in [-0.3, -0.25) is 9.89 Å². The number of aryl methyl sites for hydroxylation is 1. The number of benzene rings is 1. The number of rotatable bonds is 4. The van der Waals surface area contributed by atoms with E-state index in [0.717, 1.165) is 16.6 Å². The predicted molar refractivity (Wildman–Crippen MR) is 93.9 cm³/mol. The van der Waals surface area contributed by atoms with Gasteiger partial charge >= 0.3 is 6.18 Å². The van der Waals surface area contributed by atoms with Crippen LogP contribution in [0.3, 0.4) is 0 Å². The lowest BCUT2D eigenvalue weighted by atomic mass is 10.1. The van der Waals surface area contributed by atoms with Crippen LogP contribution in [0.4, 0.5) is 19.0 Å². The Hall–Kier alpha value is -3.10. The Morgan fingerprint density at radius 1 is 1.26 bits per heavy atom. The van der Waals surface area contributed by atoms with Gasteiger partial charge in [0.15, 0.2) is 11.5 Å². The molecule has 0 fully saturated rings. The molecule has 0 saturated heterocycles. The number of aromatic amines is 1. The van der Waals surface area contributed by atoms with Crippen molar-refractivity contribution < 1.29 is 18.0 Å². The summed E-state index contributed by atoms with van der Waals surface area (Å²) in [5.41, 5.74) is -0.0802. The molecule has 0 aliphatic heterocycles. The first-order valence-corrected chi connectivity index (χ1v) is 8.26. The lowest BCUT2D eigenvalue weighted by Gasteiger charge is -2.14. The van der Waals surface area contributed by atoms with E-state index in [4.69, 9.17) is 0 Å². The van der Waals surface area contributed by atoms with Gasteiger partial charge in [-0.05, 0) is 24.5 Å². The van der Waals surface area contributed by atoms with E-state index >= 15 is 0 Å². The van der Waals surface area contributed by atoms with Crippen LogP contribution in [-0.2, 0) is 6.18 Å². The summed E-state index contributed by atoms with van der Waals surface area (Å²) in [5, 5.41) is 12.9. The third-order valence-corrected chi connectivity index (χ3v) is 4.09. The standard InChI is InChI=1S/C18H18F3N5O/c1-10(2)13-8-15(25-24-13)23-17(27)12-9-22-26(16(12)18(19,20)21)14-7-5-4-6-11(14)3/h4-10H,1-3H3,(H2,23,24,25,27). The molecule has 0 saturated carbocycles. The Morgan fingerprint density at radius 2 is 1.96 bits per heavy atom. The van der Waals surface area contributed by atoms with Crippen molar-refractivity contribution >= 4 is 11.7 Å². The zero-order chi connectivity index (χ0) is 19.8. The number of aromatic nitrogens is 4. The van der Waals surface area contributed by atoms with Gasteiger partial charge in [-0.2, -0.15) is 23.4 Å². The fourth-order valence-corrected chi connectivity index (χ4v) is 2.65. The molecule has 1 aromatic carbocycles. The Bertz CT molecular complexity index is 972. The van der Waals surface area contributed by atoms with E-state index in [1.807, 2.05) is 13.8 Å². The summed E-state index contributed by atoms with van der Waals surface area (Å²) in [6.07, 6.45) is -3.85. The van der Waals surface area contributed by atoms with Gasteiger partial charge in [-0.15, -0.1) is 0 Å². The lowest BCUT2D eigenvalue weighted by Crippen LogP contribution is -2.21. The third-order valence-electron chi connectivity index (χ3n) is 4.09. The van der Waals surface area contributed by atoms with Crippen molar-refractivity contribution in [2.45, 2.75) is 32.9 Å². The van der Waals surface area contributed by atoms with Gasteiger partial charge in [0.05, 0.1) is 17.4 Å². The number of amides is 1. The lowest BCUT2D eigenvalue weighted by molar-refractivity contribution is -0.143. The maximum absolute atomic E-state index is 13.7. The van der Waals surface area contributed by atoms with Crippen molar-refractivity contribution in [3.63, 3.8) is 0 Å². The highest BCUT2D eigenvalue weighted by Gasteiger charge is 2.40. The summed E-state index contributed by atoms with van der Waals surface area (Å²) in [4.78, 5) is 12.5. The third kappa shape index (κ3) is 3.71. The van der Waals surface area contributed by atoms with Crippen molar-refractivity contribution in [3.8, 4) is 5.69 Å². The largest absolute Gasteiger partial charge is 0.434 e. The number of carbonyl (C=O) groups excluding carboxylic acids is 1. The van der Waals surface area contributed by atoms with Gasteiger partial charge in [0.1, 0.15) is 0 Å². The Morgan fingerprint density at radius 3 is 2.56 bits per heavy atom. The smallest absolute Gasteiger partial charge is 0.305 e. The van der Waals surface area contributed by atoms with E-state index in [9.17, 15) is 18.0 Å². The molecule has 3 aromatic rings. The van der Waals surface area contributed by atoms with E-state index in [1.165, 1.54) is 6.07 Å². The minimum atomic E-state index is -4.76. The average Bonchev–Trinajstić information content (AvgIpc) is 3.21. The first-order valence-electron chi connectivity index (χ1n) is 8.26. The van der Waals surface area contributed by atoms with Crippen LogP contribution in [0.2, 0.25) is 0 Å². The molecule has 2 aromatic heterocycles. The van der Waals surface area contributed by atoms with Crippen LogP contribution in [0.15, 0.2) is 36.5 Å². The van der Waals surface area contributed by atoms with Crippen LogP contribution in [0.1, 0.15) is 47.1 Å². The second-order valence-corrected chi connectivity index (χ2v) is 6.42. The molecule has 2 N–H and O–H groups in total. The zero-order valence-electron chi connectivity index (χ0n) is 14.9. The summed E-state index contributed by atoms with van der Waals surface area (Å²) < 4.78 is 41.9. The number of nitrogens with one attached hydrogen (secondary N) is 2.